The number of benzene rings is 1. The Morgan fingerprint density at radius 1 is 1.32 bits per heavy atom. The van der Waals surface area contributed by atoms with Crippen molar-refractivity contribution in [2.24, 2.45) is 0 Å². The molecule has 0 aliphatic heterocycles. The molecule has 19 heavy (non-hydrogen) atoms. The quantitative estimate of drug-likeness (QED) is 0.914. The van der Waals surface area contributed by atoms with Gasteiger partial charge in [-0.05, 0) is 51.5 Å². The summed E-state index contributed by atoms with van der Waals surface area (Å²) < 4.78 is 18.5. The molecule has 0 aliphatic rings. The van der Waals surface area contributed by atoms with Crippen LogP contribution in [0, 0.1) is 5.82 Å². The van der Waals surface area contributed by atoms with Gasteiger partial charge in [0, 0.05) is 12.1 Å². The van der Waals surface area contributed by atoms with Gasteiger partial charge in [-0.3, -0.25) is 10.1 Å². The van der Waals surface area contributed by atoms with Gasteiger partial charge in [-0.2, -0.15) is 0 Å². The van der Waals surface area contributed by atoms with Crippen molar-refractivity contribution in [1.82, 2.24) is 0 Å². The number of Topliss-reactive ketones (excluding diaryl/α,β-unsaturated/α-hetero) is 1. The molecule has 1 N–H and O–H groups in total. The number of hydrogen-bond acceptors (Lipinski definition) is 3. The van der Waals surface area contributed by atoms with Crippen LogP contribution in [0.4, 0.5) is 14.9 Å². The second kappa shape index (κ2) is 5.82. The summed E-state index contributed by atoms with van der Waals surface area (Å²) in [5.41, 5.74) is 0.0414. The number of ether oxygens (including phenoxy) is 1. The van der Waals surface area contributed by atoms with Crippen molar-refractivity contribution in [2.75, 3.05) is 5.32 Å². The van der Waals surface area contributed by atoms with Crippen LogP contribution < -0.4 is 5.32 Å². The number of carbonyl (C=O) groups excluding carboxylic acids is 2. The lowest BCUT2D eigenvalue weighted by atomic mass is 10.1. The first kappa shape index (κ1) is 15.1. The molecule has 0 heterocycles. The van der Waals surface area contributed by atoms with E-state index in [-0.39, 0.29) is 17.8 Å². The van der Waals surface area contributed by atoms with Crippen molar-refractivity contribution in [3.63, 3.8) is 0 Å². The maximum absolute atomic E-state index is 13.4. The van der Waals surface area contributed by atoms with E-state index in [1.807, 2.05) is 0 Å². The summed E-state index contributed by atoms with van der Waals surface area (Å²) in [5.74, 6) is -0.613. The van der Waals surface area contributed by atoms with Gasteiger partial charge < -0.3 is 4.74 Å². The van der Waals surface area contributed by atoms with Crippen LogP contribution in [0.3, 0.4) is 0 Å². The van der Waals surface area contributed by atoms with Gasteiger partial charge in [0.05, 0.1) is 0 Å². The van der Waals surface area contributed by atoms with E-state index in [9.17, 15) is 14.0 Å². The largest absolute Gasteiger partial charge is 0.444 e. The molecule has 0 fully saturated rings. The summed E-state index contributed by atoms with van der Waals surface area (Å²) >= 11 is 0. The third-order valence-corrected chi connectivity index (χ3v) is 2.13. The van der Waals surface area contributed by atoms with Crippen molar-refractivity contribution in [3.8, 4) is 0 Å². The Morgan fingerprint density at radius 2 is 1.95 bits per heavy atom. The first-order valence-electron chi connectivity index (χ1n) is 5.95. The fraction of sp³-hybridized carbons (Fsp3) is 0.429. The fourth-order valence-corrected chi connectivity index (χ4v) is 1.48. The normalized spacial score (nSPS) is 11.0. The van der Waals surface area contributed by atoms with Crippen LogP contribution in [0.2, 0.25) is 0 Å². The Balaban J connectivity index is 2.79. The monoisotopic (exact) mass is 267 g/mol. The molecule has 0 saturated heterocycles. The van der Waals surface area contributed by atoms with Crippen LogP contribution in [0.25, 0.3) is 0 Å². The van der Waals surface area contributed by atoms with Crippen LogP contribution in [0.5, 0.6) is 0 Å². The summed E-state index contributed by atoms with van der Waals surface area (Å²) in [6.45, 7) is 6.63. The fourth-order valence-electron chi connectivity index (χ4n) is 1.48. The molecule has 0 unspecified atom stereocenters. The first-order valence-corrected chi connectivity index (χ1v) is 5.95. The lowest BCUT2D eigenvalue weighted by Gasteiger charge is -2.19. The predicted octanol–water partition coefficient (Wildman–Crippen LogP) is 3.30. The van der Waals surface area contributed by atoms with Gasteiger partial charge in [-0.15, -0.1) is 0 Å². The second-order valence-electron chi connectivity index (χ2n) is 5.31. The zero-order valence-electron chi connectivity index (χ0n) is 11.5. The summed E-state index contributed by atoms with van der Waals surface area (Å²) in [6, 6.07) is 4.06. The molecule has 0 aliphatic carbocycles. The van der Waals surface area contributed by atoms with E-state index in [0.717, 1.165) is 0 Å². The number of carbonyl (C=O) groups is 2. The molecule has 0 spiro atoms. The number of anilines is 1. The Hall–Kier alpha value is -1.91. The maximum Gasteiger partial charge on any atom is 0.412 e. The molecule has 5 heteroatoms. The predicted molar refractivity (Wildman–Crippen MR) is 70.6 cm³/mol. The first-order chi connectivity index (χ1) is 8.67. The summed E-state index contributed by atoms with van der Waals surface area (Å²) in [7, 11) is 0. The van der Waals surface area contributed by atoms with Gasteiger partial charge in [0.2, 0.25) is 0 Å². The van der Waals surface area contributed by atoms with Crippen LogP contribution in [0.1, 0.15) is 33.3 Å². The molecule has 0 atom stereocenters. The van der Waals surface area contributed by atoms with Crippen LogP contribution in [-0.4, -0.2) is 17.5 Å². The highest BCUT2D eigenvalue weighted by molar-refractivity contribution is 5.85. The van der Waals surface area contributed by atoms with Crippen molar-refractivity contribution in [2.45, 2.75) is 39.7 Å². The van der Waals surface area contributed by atoms with Gasteiger partial charge >= 0.3 is 6.09 Å². The molecule has 1 aromatic rings. The number of rotatable bonds is 3. The van der Waals surface area contributed by atoms with Gasteiger partial charge in [-0.1, -0.05) is 0 Å². The minimum Gasteiger partial charge on any atom is -0.444 e. The number of nitrogens with one attached hydrogen (secondary N) is 1. The van der Waals surface area contributed by atoms with E-state index in [1.54, 1.807) is 20.8 Å². The lowest BCUT2D eigenvalue weighted by Crippen LogP contribution is -2.27. The van der Waals surface area contributed by atoms with Crippen LogP contribution >= 0.6 is 0 Å². The van der Waals surface area contributed by atoms with Crippen molar-refractivity contribution < 1.29 is 18.7 Å². The highest BCUT2D eigenvalue weighted by Crippen LogP contribution is 2.17. The van der Waals surface area contributed by atoms with Crippen molar-refractivity contribution in [3.05, 3.63) is 29.6 Å². The molecule has 4 nitrogen and oxygen atoms in total. The average molecular weight is 267 g/mol. The van der Waals surface area contributed by atoms with E-state index >= 15 is 0 Å². The summed E-state index contributed by atoms with van der Waals surface area (Å²) in [5, 5.41) is 2.50. The van der Waals surface area contributed by atoms with Gasteiger partial charge in [0.1, 0.15) is 17.2 Å². The number of halogens is 1. The van der Waals surface area contributed by atoms with Crippen molar-refractivity contribution >= 4 is 17.6 Å². The van der Waals surface area contributed by atoms with E-state index in [1.165, 1.54) is 25.1 Å². The van der Waals surface area contributed by atoms with E-state index < -0.39 is 17.5 Å². The zero-order valence-corrected chi connectivity index (χ0v) is 11.5. The molecular formula is C14H18FNO3. The van der Waals surface area contributed by atoms with Gasteiger partial charge in [0.15, 0.2) is 0 Å². The maximum atomic E-state index is 13.4. The Morgan fingerprint density at radius 3 is 2.47 bits per heavy atom. The third kappa shape index (κ3) is 5.50. The lowest BCUT2D eigenvalue weighted by molar-refractivity contribution is -0.116. The molecule has 1 rings (SSSR count). The minimum atomic E-state index is -0.618. The van der Waals surface area contributed by atoms with E-state index in [2.05, 4.69) is 5.32 Å². The molecule has 0 bridgehead atoms. The molecule has 0 saturated carbocycles. The molecule has 1 amide bonds. The van der Waals surface area contributed by atoms with E-state index in [0.29, 0.717) is 5.69 Å². The van der Waals surface area contributed by atoms with Gasteiger partial charge in [0.25, 0.3) is 0 Å². The average Bonchev–Trinajstić information content (AvgIpc) is 2.19. The molecule has 1 aromatic carbocycles. The Bertz CT molecular complexity index is 492. The number of hydrogen-bond donors (Lipinski definition) is 1. The second-order valence-corrected chi connectivity index (χ2v) is 5.31. The van der Waals surface area contributed by atoms with E-state index in [4.69, 9.17) is 4.74 Å². The summed E-state index contributed by atoms with van der Waals surface area (Å²) in [6.07, 6.45) is -0.622. The van der Waals surface area contributed by atoms with Crippen molar-refractivity contribution in [1.29, 1.82) is 0 Å². The standard InChI is InChI=1S/C14H18FNO3/c1-9(17)7-10-8-11(5-6-12(10)15)16-13(18)19-14(2,3)4/h5-6,8H,7H2,1-4H3,(H,16,18). The van der Waals surface area contributed by atoms with Crippen LogP contribution in [-0.2, 0) is 16.0 Å². The molecule has 104 valence electrons. The Kier molecular flexibility index (Phi) is 4.64. The number of amides is 1. The Labute approximate surface area is 112 Å². The van der Waals surface area contributed by atoms with Crippen LogP contribution in [0.15, 0.2) is 18.2 Å². The zero-order chi connectivity index (χ0) is 14.6. The van der Waals surface area contributed by atoms with Gasteiger partial charge in [-0.25, -0.2) is 9.18 Å². The smallest absolute Gasteiger partial charge is 0.412 e. The topological polar surface area (TPSA) is 55.4 Å². The molecule has 0 radical (unpaired) electrons. The highest BCUT2D eigenvalue weighted by atomic mass is 19.1. The SMILES string of the molecule is CC(=O)Cc1cc(NC(=O)OC(C)(C)C)ccc1F. The molecular weight excluding hydrogens is 249 g/mol. The summed E-state index contributed by atoms with van der Waals surface area (Å²) in [4.78, 5) is 22.6. The highest BCUT2D eigenvalue weighted by Gasteiger charge is 2.16. The minimum absolute atomic E-state index is 0.00429. The number of ketones is 1. The third-order valence-electron chi connectivity index (χ3n) is 2.13. The molecule has 0 aromatic heterocycles.